The summed E-state index contributed by atoms with van der Waals surface area (Å²) < 4.78 is 0. The number of halogens is 2. The summed E-state index contributed by atoms with van der Waals surface area (Å²) in [5.74, 6) is 0.00239. The number of aliphatic hydroxyl groups excluding tert-OH is 1. The lowest BCUT2D eigenvalue weighted by Crippen LogP contribution is -2.47. The minimum Gasteiger partial charge on any atom is -0.394 e. The van der Waals surface area contributed by atoms with Gasteiger partial charge in [-0.05, 0) is 37.8 Å². The Morgan fingerprint density at radius 3 is 2.79 bits per heavy atom. The molecule has 0 aliphatic heterocycles. The second kappa shape index (κ2) is 5.31. The highest BCUT2D eigenvalue weighted by Crippen LogP contribution is 2.50. The smallest absolute Gasteiger partial charge is 0.224 e. The molecule has 2 unspecified atom stereocenters. The van der Waals surface area contributed by atoms with Crippen molar-refractivity contribution in [3.05, 3.63) is 33.8 Å². The molecule has 19 heavy (non-hydrogen) atoms. The molecule has 1 aliphatic carbocycles. The van der Waals surface area contributed by atoms with Gasteiger partial charge in [-0.25, -0.2) is 0 Å². The molecule has 1 amide bonds. The van der Waals surface area contributed by atoms with Gasteiger partial charge in [0.15, 0.2) is 0 Å². The summed E-state index contributed by atoms with van der Waals surface area (Å²) in [6.45, 7) is 3.48. The van der Waals surface area contributed by atoms with E-state index in [0.717, 1.165) is 12.0 Å². The maximum Gasteiger partial charge on any atom is 0.224 e. The molecule has 2 rings (SSSR count). The minimum atomic E-state index is -0.595. The zero-order valence-electron chi connectivity index (χ0n) is 10.9. The number of carbonyl (C=O) groups is 1. The Morgan fingerprint density at radius 2 is 2.16 bits per heavy atom. The second-order valence-electron chi connectivity index (χ2n) is 5.62. The predicted octanol–water partition coefficient (Wildman–Crippen LogP) is 2.98. The average molecular weight is 302 g/mol. The summed E-state index contributed by atoms with van der Waals surface area (Å²) in [6, 6.07) is 5.48. The molecule has 1 fully saturated rings. The Morgan fingerprint density at radius 1 is 1.47 bits per heavy atom. The maximum absolute atomic E-state index is 12.1. The molecular weight excluding hydrogens is 285 g/mol. The quantitative estimate of drug-likeness (QED) is 0.898. The van der Waals surface area contributed by atoms with Crippen molar-refractivity contribution in [2.45, 2.75) is 31.7 Å². The number of amides is 1. The average Bonchev–Trinajstić information content (AvgIpc) is 3.12. The molecule has 3 nitrogen and oxygen atoms in total. The molecule has 104 valence electrons. The fourth-order valence-electron chi connectivity index (χ4n) is 2.10. The van der Waals surface area contributed by atoms with Gasteiger partial charge in [0.25, 0.3) is 0 Å². The number of carbonyl (C=O) groups excluding carboxylic acids is 1. The first-order valence-corrected chi connectivity index (χ1v) is 6.98. The van der Waals surface area contributed by atoms with Gasteiger partial charge >= 0.3 is 0 Å². The van der Waals surface area contributed by atoms with Crippen LogP contribution < -0.4 is 5.32 Å². The summed E-state index contributed by atoms with van der Waals surface area (Å²) in [4.78, 5) is 12.1. The van der Waals surface area contributed by atoms with Crippen molar-refractivity contribution in [2.75, 3.05) is 6.61 Å². The summed E-state index contributed by atoms with van der Waals surface area (Å²) in [6.07, 6.45) is 0.771. The molecule has 1 aromatic rings. The predicted molar refractivity (Wildman–Crippen MR) is 76.6 cm³/mol. The number of aliphatic hydroxyl groups is 1. The van der Waals surface area contributed by atoms with E-state index >= 15 is 0 Å². The highest BCUT2D eigenvalue weighted by molar-refractivity contribution is 6.42. The highest BCUT2D eigenvalue weighted by atomic mass is 35.5. The third-order valence-electron chi connectivity index (χ3n) is 3.37. The van der Waals surface area contributed by atoms with Gasteiger partial charge < -0.3 is 10.4 Å². The molecule has 2 atom stereocenters. The zero-order chi connectivity index (χ0) is 14.2. The van der Waals surface area contributed by atoms with Crippen molar-refractivity contribution in [1.82, 2.24) is 5.32 Å². The van der Waals surface area contributed by atoms with Crippen molar-refractivity contribution >= 4 is 29.1 Å². The lowest BCUT2D eigenvalue weighted by atomic mass is 10.1. The Hall–Kier alpha value is -0.770. The van der Waals surface area contributed by atoms with Gasteiger partial charge in [-0.1, -0.05) is 35.3 Å². The summed E-state index contributed by atoms with van der Waals surface area (Å²) in [5.41, 5.74) is 0.332. The van der Waals surface area contributed by atoms with Crippen molar-refractivity contribution in [3.8, 4) is 0 Å². The van der Waals surface area contributed by atoms with Crippen LogP contribution in [0.5, 0.6) is 0 Å². The molecule has 2 N–H and O–H groups in total. The fourth-order valence-corrected chi connectivity index (χ4v) is 2.55. The van der Waals surface area contributed by atoms with Crippen LogP contribution in [0, 0.1) is 5.92 Å². The SMILES string of the molecule is CC(C)(CO)NC(=O)C1CC1c1cccc(Cl)c1Cl. The van der Waals surface area contributed by atoms with Crippen LogP contribution in [0.2, 0.25) is 10.0 Å². The summed E-state index contributed by atoms with van der Waals surface area (Å²) in [5, 5.41) is 13.0. The number of rotatable bonds is 4. The molecule has 5 heteroatoms. The Kier molecular flexibility index (Phi) is 4.09. The lowest BCUT2D eigenvalue weighted by Gasteiger charge is -2.23. The van der Waals surface area contributed by atoms with Crippen LogP contribution in [-0.2, 0) is 4.79 Å². The monoisotopic (exact) mass is 301 g/mol. The number of hydrogen-bond donors (Lipinski definition) is 2. The van der Waals surface area contributed by atoms with E-state index < -0.39 is 5.54 Å². The molecule has 1 aliphatic rings. The van der Waals surface area contributed by atoms with E-state index in [1.165, 1.54) is 0 Å². The van der Waals surface area contributed by atoms with E-state index in [1.807, 2.05) is 12.1 Å². The van der Waals surface area contributed by atoms with Crippen LogP contribution in [0.15, 0.2) is 18.2 Å². The molecule has 0 spiro atoms. The largest absolute Gasteiger partial charge is 0.394 e. The molecule has 0 aromatic heterocycles. The Labute approximate surface area is 122 Å². The molecule has 0 saturated heterocycles. The fraction of sp³-hybridized carbons (Fsp3) is 0.500. The molecule has 0 heterocycles. The maximum atomic E-state index is 12.1. The van der Waals surface area contributed by atoms with Crippen LogP contribution in [0.3, 0.4) is 0 Å². The van der Waals surface area contributed by atoms with Crippen LogP contribution in [0.1, 0.15) is 31.7 Å². The van der Waals surface area contributed by atoms with Gasteiger partial charge in [-0.3, -0.25) is 4.79 Å². The minimum absolute atomic E-state index is 0.0416. The molecule has 1 aromatic carbocycles. The third-order valence-corrected chi connectivity index (χ3v) is 4.20. The molecule has 0 bridgehead atoms. The lowest BCUT2D eigenvalue weighted by molar-refractivity contribution is -0.124. The highest BCUT2D eigenvalue weighted by Gasteiger charge is 2.46. The number of hydrogen-bond acceptors (Lipinski definition) is 2. The first-order chi connectivity index (χ1) is 8.85. The summed E-state index contributed by atoms with van der Waals surface area (Å²) >= 11 is 12.1. The zero-order valence-corrected chi connectivity index (χ0v) is 12.4. The van der Waals surface area contributed by atoms with Gasteiger partial charge in [0.2, 0.25) is 5.91 Å². The van der Waals surface area contributed by atoms with E-state index in [9.17, 15) is 4.79 Å². The van der Waals surface area contributed by atoms with Crippen molar-refractivity contribution in [3.63, 3.8) is 0 Å². The normalized spacial score (nSPS) is 22.2. The van der Waals surface area contributed by atoms with Crippen LogP contribution in [0.25, 0.3) is 0 Å². The second-order valence-corrected chi connectivity index (χ2v) is 6.41. The van der Waals surface area contributed by atoms with Gasteiger partial charge in [-0.15, -0.1) is 0 Å². The van der Waals surface area contributed by atoms with Gasteiger partial charge in [0.1, 0.15) is 0 Å². The van der Waals surface area contributed by atoms with Gasteiger partial charge in [0, 0.05) is 5.92 Å². The van der Waals surface area contributed by atoms with E-state index in [0.29, 0.717) is 10.0 Å². The topological polar surface area (TPSA) is 49.3 Å². The first-order valence-electron chi connectivity index (χ1n) is 6.22. The van der Waals surface area contributed by atoms with Crippen molar-refractivity contribution in [1.29, 1.82) is 0 Å². The van der Waals surface area contributed by atoms with Crippen molar-refractivity contribution < 1.29 is 9.90 Å². The molecule has 1 saturated carbocycles. The third kappa shape index (κ3) is 3.22. The van der Waals surface area contributed by atoms with E-state index in [1.54, 1.807) is 19.9 Å². The van der Waals surface area contributed by atoms with Crippen LogP contribution in [-0.4, -0.2) is 23.2 Å². The van der Waals surface area contributed by atoms with Gasteiger partial charge in [-0.2, -0.15) is 0 Å². The van der Waals surface area contributed by atoms with Crippen LogP contribution >= 0.6 is 23.2 Å². The Balaban J connectivity index is 2.05. The molecular formula is C14H17Cl2NO2. The van der Waals surface area contributed by atoms with Gasteiger partial charge in [0.05, 0.1) is 22.2 Å². The number of benzene rings is 1. The number of nitrogens with one attached hydrogen (secondary N) is 1. The first kappa shape index (κ1) is 14.6. The Bertz CT molecular complexity index is 502. The standard InChI is InChI=1S/C14H17Cl2NO2/c1-14(2,7-18)17-13(19)10-6-9(10)8-4-3-5-11(15)12(8)16/h3-5,9-10,18H,6-7H2,1-2H3,(H,17,19). The van der Waals surface area contributed by atoms with Crippen molar-refractivity contribution in [2.24, 2.45) is 5.92 Å². The van der Waals surface area contributed by atoms with E-state index in [2.05, 4.69) is 5.32 Å². The van der Waals surface area contributed by atoms with Crippen LogP contribution in [0.4, 0.5) is 0 Å². The van der Waals surface area contributed by atoms with E-state index in [-0.39, 0.29) is 24.3 Å². The molecule has 0 radical (unpaired) electrons. The summed E-state index contributed by atoms with van der Waals surface area (Å²) in [7, 11) is 0. The van der Waals surface area contributed by atoms with E-state index in [4.69, 9.17) is 28.3 Å².